The maximum atomic E-state index is 5.88. The number of fused-ring (bicyclic) bond motifs is 1. The van der Waals surface area contributed by atoms with Crippen molar-refractivity contribution in [1.29, 1.82) is 0 Å². The van der Waals surface area contributed by atoms with Crippen molar-refractivity contribution in [3.05, 3.63) is 22.7 Å². The third kappa shape index (κ3) is 1.87. The predicted octanol–water partition coefficient (Wildman–Crippen LogP) is 3.28. The molecule has 3 heteroatoms. The second-order valence-electron chi connectivity index (χ2n) is 3.92. The molecule has 14 heavy (non-hydrogen) atoms. The number of hydrogen-bond donors (Lipinski definition) is 1. The molecule has 1 aromatic rings. The number of nitrogens with one attached hydrogen (secondary N) is 1. The van der Waals surface area contributed by atoms with Crippen molar-refractivity contribution < 1.29 is 4.74 Å². The van der Waals surface area contributed by atoms with Crippen LogP contribution >= 0.6 is 15.9 Å². The molecule has 0 spiro atoms. The van der Waals surface area contributed by atoms with Gasteiger partial charge in [-0.3, -0.25) is 0 Å². The molecule has 76 valence electrons. The number of anilines is 1. The molecular weight excluding hydrogens is 242 g/mol. The van der Waals surface area contributed by atoms with E-state index in [9.17, 15) is 0 Å². The molecule has 1 N–H and O–H groups in total. The SMILES string of the molecule is CC(C)C1CNc2ccc(Br)cc2O1. The summed E-state index contributed by atoms with van der Waals surface area (Å²) in [5.74, 6) is 1.49. The molecule has 0 saturated carbocycles. The molecule has 0 aromatic heterocycles. The quantitative estimate of drug-likeness (QED) is 0.832. The zero-order valence-electron chi connectivity index (χ0n) is 8.38. The largest absolute Gasteiger partial charge is 0.486 e. The van der Waals surface area contributed by atoms with Crippen LogP contribution in [-0.2, 0) is 0 Å². The van der Waals surface area contributed by atoms with Gasteiger partial charge >= 0.3 is 0 Å². The van der Waals surface area contributed by atoms with Crippen LogP contribution in [0, 0.1) is 5.92 Å². The second-order valence-corrected chi connectivity index (χ2v) is 4.84. The van der Waals surface area contributed by atoms with Crippen LogP contribution in [0.25, 0.3) is 0 Å². The van der Waals surface area contributed by atoms with E-state index in [4.69, 9.17) is 4.74 Å². The lowest BCUT2D eigenvalue weighted by Gasteiger charge is -2.29. The fourth-order valence-corrected chi connectivity index (χ4v) is 1.87. The molecule has 2 nitrogen and oxygen atoms in total. The van der Waals surface area contributed by atoms with Crippen LogP contribution < -0.4 is 10.1 Å². The Bertz CT molecular complexity index is 338. The van der Waals surface area contributed by atoms with Gasteiger partial charge in [-0.2, -0.15) is 0 Å². The minimum Gasteiger partial charge on any atom is -0.486 e. The van der Waals surface area contributed by atoms with Crippen molar-refractivity contribution in [2.75, 3.05) is 11.9 Å². The summed E-state index contributed by atoms with van der Waals surface area (Å²) in [7, 11) is 0. The Labute approximate surface area is 92.8 Å². The van der Waals surface area contributed by atoms with E-state index in [1.165, 1.54) is 0 Å². The van der Waals surface area contributed by atoms with E-state index in [1.807, 2.05) is 18.2 Å². The topological polar surface area (TPSA) is 21.3 Å². The summed E-state index contributed by atoms with van der Waals surface area (Å²) in [4.78, 5) is 0. The predicted molar refractivity (Wildman–Crippen MR) is 61.9 cm³/mol. The first kappa shape index (κ1) is 9.84. The van der Waals surface area contributed by atoms with Crippen molar-refractivity contribution in [1.82, 2.24) is 0 Å². The summed E-state index contributed by atoms with van der Waals surface area (Å²) in [6, 6.07) is 6.07. The monoisotopic (exact) mass is 255 g/mol. The number of hydrogen-bond acceptors (Lipinski definition) is 2. The van der Waals surface area contributed by atoms with E-state index in [-0.39, 0.29) is 6.10 Å². The van der Waals surface area contributed by atoms with Crippen LogP contribution in [0.4, 0.5) is 5.69 Å². The maximum absolute atomic E-state index is 5.88. The van der Waals surface area contributed by atoms with Crippen LogP contribution in [0.5, 0.6) is 5.75 Å². The molecule has 0 saturated heterocycles. The molecular formula is C11H14BrNO. The fraction of sp³-hybridized carbons (Fsp3) is 0.455. The highest BCUT2D eigenvalue weighted by atomic mass is 79.9. The van der Waals surface area contributed by atoms with Crippen molar-refractivity contribution in [2.45, 2.75) is 20.0 Å². The maximum Gasteiger partial charge on any atom is 0.144 e. The van der Waals surface area contributed by atoms with Gasteiger partial charge in [0.05, 0.1) is 12.2 Å². The van der Waals surface area contributed by atoms with Crippen molar-refractivity contribution in [3.8, 4) is 5.75 Å². The van der Waals surface area contributed by atoms with E-state index in [1.54, 1.807) is 0 Å². The van der Waals surface area contributed by atoms with E-state index in [2.05, 4.69) is 35.1 Å². The molecule has 1 atom stereocenters. The van der Waals surface area contributed by atoms with Crippen molar-refractivity contribution >= 4 is 21.6 Å². The number of benzene rings is 1. The lowest BCUT2D eigenvalue weighted by atomic mass is 10.1. The Morgan fingerprint density at radius 3 is 3.00 bits per heavy atom. The molecule has 0 bridgehead atoms. The molecule has 1 aliphatic rings. The Kier molecular flexibility index (Phi) is 2.68. The van der Waals surface area contributed by atoms with Gasteiger partial charge in [-0.1, -0.05) is 29.8 Å². The lowest BCUT2D eigenvalue weighted by Crippen LogP contribution is -2.34. The highest BCUT2D eigenvalue weighted by Crippen LogP contribution is 2.33. The molecule has 1 aliphatic heterocycles. The Hall–Kier alpha value is -0.700. The normalized spacial score (nSPS) is 19.9. The second kappa shape index (κ2) is 3.81. The van der Waals surface area contributed by atoms with Gasteiger partial charge in [-0.25, -0.2) is 0 Å². The summed E-state index contributed by atoms with van der Waals surface area (Å²) in [5, 5.41) is 3.38. The average Bonchev–Trinajstić information content (AvgIpc) is 2.16. The van der Waals surface area contributed by atoms with Gasteiger partial charge in [-0.15, -0.1) is 0 Å². The fourth-order valence-electron chi connectivity index (χ4n) is 1.53. The first-order valence-corrected chi connectivity index (χ1v) is 5.66. The number of halogens is 1. The molecule has 1 unspecified atom stereocenters. The van der Waals surface area contributed by atoms with Gasteiger partial charge in [0.1, 0.15) is 11.9 Å². The summed E-state index contributed by atoms with van der Waals surface area (Å²) < 4.78 is 6.94. The van der Waals surface area contributed by atoms with E-state index >= 15 is 0 Å². The molecule has 0 amide bonds. The van der Waals surface area contributed by atoms with Crippen molar-refractivity contribution in [2.24, 2.45) is 5.92 Å². The van der Waals surface area contributed by atoms with Gasteiger partial charge in [0, 0.05) is 4.47 Å². The molecule has 0 radical (unpaired) electrons. The van der Waals surface area contributed by atoms with Crippen LogP contribution in [0.1, 0.15) is 13.8 Å². The molecule has 0 aliphatic carbocycles. The zero-order chi connectivity index (χ0) is 10.1. The molecule has 0 fully saturated rings. The van der Waals surface area contributed by atoms with Crippen molar-refractivity contribution in [3.63, 3.8) is 0 Å². The smallest absolute Gasteiger partial charge is 0.144 e. The summed E-state index contributed by atoms with van der Waals surface area (Å²) >= 11 is 3.44. The van der Waals surface area contributed by atoms with Crippen LogP contribution in [0.3, 0.4) is 0 Å². The third-order valence-corrected chi connectivity index (χ3v) is 2.95. The first-order valence-electron chi connectivity index (χ1n) is 4.87. The van der Waals surface area contributed by atoms with E-state index in [0.29, 0.717) is 5.92 Å². The van der Waals surface area contributed by atoms with Crippen LogP contribution in [0.2, 0.25) is 0 Å². The number of rotatable bonds is 1. The van der Waals surface area contributed by atoms with E-state index < -0.39 is 0 Å². The van der Waals surface area contributed by atoms with Gasteiger partial charge in [0.25, 0.3) is 0 Å². The number of ether oxygens (including phenoxy) is 1. The van der Waals surface area contributed by atoms with Crippen LogP contribution in [0.15, 0.2) is 22.7 Å². The molecule has 2 rings (SSSR count). The lowest BCUT2D eigenvalue weighted by molar-refractivity contribution is 0.156. The standard InChI is InChI=1S/C11H14BrNO/c1-7(2)11-6-13-9-4-3-8(12)5-10(9)14-11/h3-5,7,11,13H,6H2,1-2H3. The Balaban J connectivity index is 2.24. The van der Waals surface area contributed by atoms with Gasteiger partial charge < -0.3 is 10.1 Å². The summed E-state index contributed by atoms with van der Waals surface area (Å²) in [6.45, 7) is 5.25. The van der Waals surface area contributed by atoms with Gasteiger partial charge in [-0.05, 0) is 24.1 Å². The minimum absolute atomic E-state index is 0.275. The Morgan fingerprint density at radius 2 is 2.29 bits per heavy atom. The van der Waals surface area contributed by atoms with Gasteiger partial charge in [0.2, 0.25) is 0 Å². The minimum atomic E-state index is 0.275. The van der Waals surface area contributed by atoms with E-state index in [0.717, 1.165) is 22.5 Å². The molecule has 1 heterocycles. The van der Waals surface area contributed by atoms with Crippen LogP contribution in [-0.4, -0.2) is 12.6 Å². The summed E-state index contributed by atoms with van der Waals surface area (Å²) in [6.07, 6.45) is 0.275. The molecule has 1 aromatic carbocycles. The van der Waals surface area contributed by atoms with Gasteiger partial charge in [0.15, 0.2) is 0 Å². The average molecular weight is 256 g/mol. The highest BCUT2D eigenvalue weighted by molar-refractivity contribution is 9.10. The first-order chi connectivity index (χ1) is 6.66. The summed E-state index contributed by atoms with van der Waals surface area (Å²) in [5.41, 5.74) is 1.09. The highest BCUT2D eigenvalue weighted by Gasteiger charge is 2.21. The Morgan fingerprint density at radius 1 is 1.50 bits per heavy atom. The third-order valence-electron chi connectivity index (χ3n) is 2.46. The zero-order valence-corrected chi connectivity index (χ0v) is 9.97.